The molecule has 31 heteroatoms. The topological polar surface area (TPSA) is 318 Å². The number of ether oxygens (including phenoxy) is 5. The van der Waals surface area contributed by atoms with Crippen LogP contribution in [0, 0.1) is 57.2 Å². The number of nitrogens with zero attached hydrogens (tertiary/aromatic N) is 20. The van der Waals surface area contributed by atoms with Gasteiger partial charge < -0.3 is 43.3 Å². The van der Waals surface area contributed by atoms with E-state index in [1.165, 1.54) is 15.7 Å². The number of amides is 4. The summed E-state index contributed by atoms with van der Waals surface area (Å²) in [5.74, 6) is 3.67. The van der Waals surface area contributed by atoms with Crippen LogP contribution < -0.4 is 23.7 Å². The Labute approximate surface area is 684 Å². The number of aromatic nitrogens is 16. The molecule has 10 aromatic heterocycles. The molecular formula is C86H90BrFN20O9. The van der Waals surface area contributed by atoms with Crippen molar-refractivity contribution >= 4 is 39.6 Å². The molecule has 117 heavy (non-hydrogen) atoms. The molecule has 8 aliphatic heterocycles. The van der Waals surface area contributed by atoms with E-state index in [0.29, 0.717) is 102 Å². The van der Waals surface area contributed by atoms with Crippen molar-refractivity contribution in [3.05, 3.63) is 233 Å². The van der Waals surface area contributed by atoms with Gasteiger partial charge in [0.25, 0.3) is 23.6 Å². The molecule has 8 bridgehead atoms. The molecule has 0 saturated carbocycles. The van der Waals surface area contributed by atoms with Crippen molar-refractivity contribution in [3.8, 4) is 51.9 Å². The summed E-state index contributed by atoms with van der Waals surface area (Å²) in [4.78, 5) is 99.6. The van der Waals surface area contributed by atoms with Crippen molar-refractivity contribution in [3.63, 3.8) is 0 Å². The average molecular weight is 1650 g/mol. The Morgan fingerprint density at radius 1 is 0.419 bits per heavy atom. The van der Waals surface area contributed by atoms with Crippen LogP contribution in [0.1, 0.15) is 149 Å². The zero-order valence-electron chi connectivity index (χ0n) is 65.6. The molecule has 18 heterocycles. The molecule has 8 saturated heterocycles. The van der Waals surface area contributed by atoms with Crippen molar-refractivity contribution in [1.29, 1.82) is 0 Å². The van der Waals surface area contributed by atoms with E-state index in [9.17, 15) is 23.6 Å². The maximum absolute atomic E-state index is 14.7. The number of aryl methyl sites for hydroxylation is 4. The van der Waals surface area contributed by atoms with Crippen LogP contribution in [0.2, 0.25) is 0 Å². The van der Waals surface area contributed by atoms with Crippen LogP contribution in [0.25, 0.3) is 22.8 Å². The molecule has 0 radical (unpaired) electrons. The van der Waals surface area contributed by atoms with E-state index in [1.807, 2.05) is 133 Å². The van der Waals surface area contributed by atoms with Crippen LogP contribution in [0.5, 0.6) is 29.1 Å². The fraction of sp³-hybridized carbons (Fsp3) is 0.395. The highest BCUT2D eigenvalue weighted by atomic mass is 79.9. The van der Waals surface area contributed by atoms with Gasteiger partial charge in [0, 0.05) is 149 Å². The molecule has 4 amide bonds. The van der Waals surface area contributed by atoms with Crippen LogP contribution in [0.4, 0.5) is 4.39 Å². The van der Waals surface area contributed by atoms with E-state index in [-0.39, 0.29) is 95.2 Å². The Bertz CT molecular complexity index is 5290. The number of rotatable bonds is 21. The van der Waals surface area contributed by atoms with Crippen molar-refractivity contribution in [2.45, 2.75) is 160 Å². The van der Waals surface area contributed by atoms with Crippen LogP contribution in [0.15, 0.2) is 182 Å². The highest BCUT2D eigenvalue weighted by Crippen LogP contribution is 2.48. The first-order valence-electron chi connectivity index (χ1n) is 40.0. The minimum Gasteiger partial charge on any atom is -0.491 e. The molecule has 0 aliphatic carbocycles. The molecule has 12 atom stereocenters. The first-order chi connectivity index (χ1) is 57.1. The van der Waals surface area contributed by atoms with Gasteiger partial charge in [0.15, 0.2) is 28.7 Å². The Morgan fingerprint density at radius 3 is 1.38 bits per heavy atom. The van der Waals surface area contributed by atoms with Gasteiger partial charge in [-0.15, -0.1) is 14.7 Å². The number of hydrogen-bond acceptors (Lipinski definition) is 23. The zero-order valence-corrected chi connectivity index (χ0v) is 67.2. The zero-order chi connectivity index (χ0) is 80.6. The van der Waals surface area contributed by atoms with Crippen molar-refractivity contribution in [1.82, 2.24) is 99.7 Å². The van der Waals surface area contributed by atoms with E-state index in [4.69, 9.17) is 23.7 Å². The molecular weight excluding hydrogens is 1560 g/mol. The predicted octanol–water partition coefficient (Wildman–Crippen LogP) is 12.3. The molecule has 12 unspecified atom stereocenters. The largest absolute Gasteiger partial charge is 0.491 e. The summed E-state index contributed by atoms with van der Waals surface area (Å²) in [5, 5.41) is 24.6. The van der Waals surface area contributed by atoms with Crippen molar-refractivity contribution in [2.24, 2.45) is 23.7 Å². The number of benzene rings is 1. The second kappa shape index (κ2) is 35.5. The highest BCUT2D eigenvalue weighted by Gasteiger charge is 2.53. The van der Waals surface area contributed by atoms with Crippen LogP contribution in [0.3, 0.4) is 0 Å². The van der Waals surface area contributed by atoms with Gasteiger partial charge in [-0.1, -0.05) is 12.1 Å². The van der Waals surface area contributed by atoms with Crippen molar-refractivity contribution in [2.75, 3.05) is 33.0 Å². The lowest BCUT2D eigenvalue weighted by molar-refractivity contribution is 0.0691. The summed E-state index contributed by atoms with van der Waals surface area (Å²) in [7, 11) is 0. The highest BCUT2D eigenvalue weighted by molar-refractivity contribution is 9.10. The fourth-order valence-corrected chi connectivity index (χ4v) is 18.6. The Balaban J connectivity index is 0.000000117. The van der Waals surface area contributed by atoms with Crippen LogP contribution >= 0.6 is 15.9 Å². The minimum atomic E-state index is -0.492. The van der Waals surface area contributed by atoms with E-state index < -0.39 is 5.82 Å². The van der Waals surface area contributed by atoms with Gasteiger partial charge in [-0.2, -0.15) is 25.5 Å². The number of carbonyl (C=O) groups is 4. The van der Waals surface area contributed by atoms with Crippen LogP contribution in [-0.4, -0.2) is 205 Å². The quantitative estimate of drug-likeness (QED) is 0.0645. The summed E-state index contributed by atoms with van der Waals surface area (Å²) in [6.07, 6.45) is 28.0. The molecule has 8 fully saturated rings. The van der Waals surface area contributed by atoms with Gasteiger partial charge >= 0.3 is 0 Å². The lowest BCUT2D eigenvalue weighted by atomic mass is 9.90. The molecule has 0 spiro atoms. The fourth-order valence-electron chi connectivity index (χ4n) is 18.3. The lowest BCUT2D eigenvalue weighted by Gasteiger charge is -2.25. The standard InChI is InChI=1S/C23H21FN4O2.C22H24N6O2.C21H24BrN3O3.C20H21N7O2/c24-18-6-3-5-17(21(18)22-26-11-4-12-27-22)23(29)28-16-8-9-19(28)15(13-16)14-30-20-7-1-2-10-25-20;1-14-5-7-19(28-24-10-11-25-28)21(26-14)22(29)27-17-6-8-18(27)16(12-17)13-30-20-4-3-9-23-15(20)2;1-3-27-18-8-4-13(2)24-20(18)21(26)25-16-6-7-17(25)14(10-16)12-28-19-9-5-15(22)11-23-19;1-13-4-6-17(27-22-9-10-23-27)19(24-13)20(28)26-15-5-7-16(26)14(11-15)12-29-18-3-2-8-21-25-18/h1-7,10-12,15-16,19H,8-9,13-14H2;3-5,7,9-11,16-18H,6,8,12-13H2,1-2H3;4-5,8-9,11,14,16-17H,3,6-7,10,12H2,1-2H3;2-4,6,8-10,14-16H,5,7,11-12H2,1H3. The number of pyridine rings is 6. The average Bonchev–Trinajstić information content (AvgIpc) is 1.64. The molecule has 29 nitrogen and oxygen atoms in total. The maximum atomic E-state index is 14.7. The summed E-state index contributed by atoms with van der Waals surface area (Å²) >= 11 is 3.38. The Morgan fingerprint density at radius 2 is 0.889 bits per heavy atom. The van der Waals surface area contributed by atoms with Gasteiger partial charge in [-0.05, 0) is 213 Å². The predicted molar refractivity (Wildman–Crippen MR) is 429 cm³/mol. The monoisotopic (exact) mass is 1640 g/mol. The van der Waals surface area contributed by atoms with E-state index in [2.05, 4.69) is 86.4 Å². The smallest absolute Gasteiger partial charge is 0.276 e. The van der Waals surface area contributed by atoms with Gasteiger partial charge in [0.1, 0.15) is 22.9 Å². The summed E-state index contributed by atoms with van der Waals surface area (Å²) in [6, 6.07) is 35.6. The third kappa shape index (κ3) is 17.1. The first-order valence-corrected chi connectivity index (χ1v) is 40.8. The van der Waals surface area contributed by atoms with Gasteiger partial charge in [0.05, 0.1) is 74.6 Å². The number of fused-ring (bicyclic) bond motifs is 8. The Kier molecular flexibility index (Phi) is 23.9. The molecule has 1 aromatic carbocycles. The van der Waals surface area contributed by atoms with Crippen molar-refractivity contribution < 1.29 is 47.3 Å². The maximum Gasteiger partial charge on any atom is 0.276 e. The van der Waals surface area contributed by atoms with E-state index in [1.54, 1.807) is 92.3 Å². The number of halogens is 2. The SMILES string of the molecule is CCOc1ccc(C)nc1C(=O)N1C2CCC1C(COc1ccc(Br)cn1)C2.Cc1ccc(-n2nccn2)c(C(=O)N2C3CCC2C(COc2cccnc2C)C3)n1.Cc1ccc(-n2nccn2)c(C(=O)N2C3CCC2C(COc2cccnn2)C3)n1.O=C(c1cccc(F)c1-c1ncccn1)N1C2CCC1C(COc1ccccn1)C2. The van der Waals surface area contributed by atoms with Gasteiger partial charge in [-0.3, -0.25) is 24.2 Å². The molecule has 19 rings (SSSR count). The normalized spacial score (nSPS) is 22.7. The van der Waals surface area contributed by atoms with E-state index >= 15 is 0 Å². The second-order valence-corrected chi connectivity index (χ2v) is 31.6. The third-order valence-corrected chi connectivity index (χ3v) is 23.9. The molecule has 0 N–H and O–H groups in total. The Hall–Kier alpha value is -12.2. The molecule has 602 valence electrons. The van der Waals surface area contributed by atoms with Gasteiger partial charge in [0.2, 0.25) is 17.6 Å². The van der Waals surface area contributed by atoms with Crippen LogP contribution in [-0.2, 0) is 0 Å². The lowest BCUT2D eigenvalue weighted by Crippen LogP contribution is -2.38. The first kappa shape index (κ1) is 78.7. The van der Waals surface area contributed by atoms with E-state index in [0.717, 1.165) is 110 Å². The third-order valence-electron chi connectivity index (χ3n) is 23.5. The molecule has 8 aliphatic rings. The number of hydrogen-bond donors (Lipinski definition) is 0. The molecule has 11 aromatic rings. The number of carbonyl (C=O) groups excluding carboxylic acids is 4. The summed E-state index contributed by atoms with van der Waals surface area (Å²) in [6.45, 7) is 12.2. The second-order valence-electron chi connectivity index (χ2n) is 30.6. The summed E-state index contributed by atoms with van der Waals surface area (Å²) in [5.41, 5.74) is 6.21. The van der Waals surface area contributed by atoms with Gasteiger partial charge in [-0.25, -0.2) is 39.3 Å². The summed E-state index contributed by atoms with van der Waals surface area (Å²) < 4.78 is 44.9. The minimum absolute atomic E-state index is 0.0242.